The van der Waals surface area contributed by atoms with E-state index < -0.39 is 11.7 Å². The smallest absolute Gasteiger partial charge is 0.272 e. The number of nitrogens with zero attached hydrogens (tertiary/aromatic N) is 2. The molecule has 2 rings (SSSR count). The van der Waals surface area contributed by atoms with Crippen molar-refractivity contribution in [2.45, 2.75) is 0 Å². The van der Waals surface area contributed by atoms with E-state index in [4.69, 9.17) is 11.0 Å². The van der Waals surface area contributed by atoms with Crippen LogP contribution in [0.15, 0.2) is 30.5 Å². The van der Waals surface area contributed by atoms with Gasteiger partial charge in [-0.2, -0.15) is 5.26 Å². The Labute approximate surface area is 109 Å². The molecule has 19 heavy (non-hydrogen) atoms. The lowest BCUT2D eigenvalue weighted by molar-refractivity contribution is 0.101. The summed E-state index contributed by atoms with van der Waals surface area (Å²) < 4.78 is 15.2. The molecule has 0 spiro atoms. The number of anilines is 2. The number of nitrogen functional groups attached to an aromatic ring is 1. The molecule has 0 fully saturated rings. The van der Waals surface area contributed by atoms with Crippen LogP contribution in [0, 0.1) is 17.1 Å². The lowest BCUT2D eigenvalue weighted by atomic mass is 10.2. The first-order chi connectivity index (χ1) is 9.01. The topological polar surface area (TPSA) is 83.8 Å². The Hall–Kier alpha value is -2.81. The van der Waals surface area contributed by atoms with Gasteiger partial charge in [-0.05, 0) is 24.3 Å². The van der Waals surface area contributed by atoms with Crippen molar-refractivity contribution >= 4 is 17.3 Å². The van der Waals surface area contributed by atoms with Crippen LogP contribution in [0.4, 0.5) is 15.8 Å². The minimum Gasteiger partial charge on any atom is -0.397 e. The fourth-order valence-electron chi connectivity index (χ4n) is 1.69. The number of carbonyl (C=O) groups is 1. The molecule has 0 radical (unpaired) electrons. The molecule has 1 aromatic heterocycles. The Balaban J connectivity index is 2.25. The van der Waals surface area contributed by atoms with Gasteiger partial charge < -0.3 is 15.6 Å². The third kappa shape index (κ3) is 2.55. The second kappa shape index (κ2) is 4.82. The van der Waals surface area contributed by atoms with E-state index >= 15 is 0 Å². The minimum absolute atomic E-state index is 0.0174. The first kappa shape index (κ1) is 12.6. The quantitative estimate of drug-likeness (QED) is 0.862. The van der Waals surface area contributed by atoms with Crippen LogP contribution in [0.5, 0.6) is 0 Å². The minimum atomic E-state index is -0.658. The summed E-state index contributed by atoms with van der Waals surface area (Å²) in [6, 6.07) is 7.15. The zero-order valence-electron chi connectivity index (χ0n) is 10.1. The van der Waals surface area contributed by atoms with Crippen molar-refractivity contribution in [2.24, 2.45) is 7.05 Å². The van der Waals surface area contributed by atoms with Crippen molar-refractivity contribution in [1.29, 1.82) is 5.26 Å². The van der Waals surface area contributed by atoms with Crippen LogP contribution < -0.4 is 11.1 Å². The number of amides is 1. The second-order valence-electron chi connectivity index (χ2n) is 4.03. The number of halogens is 1. The van der Waals surface area contributed by atoms with E-state index in [1.807, 2.05) is 6.07 Å². The van der Waals surface area contributed by atoms with Crippen molar-refractivity contribution in [3.8, 4) is 6.07 Å². The Morgan fingerprint density at radius 1 is 1.47 bits per heavy atom. The predicted octanol–water partition coefficient (Wildman–Crippen LogP) is 1.87. The lowest BCUT2D eigenvalue weighted by Gasteiger charge is -2.07. The fourth-order valence-corrected chi connectivity index (χ4v) is 1.69. The average Bonchev–Trinajstić information content (AvgIpc) is 2.71. The van der Waals surface area contributed by atoms with Gasteiger partial charge in [-0.3, -0.25) is 4.79 Å². The summed E-state index contributed by atoms with van der Waals surface area (Å²) in [4.78, 5) is 11.9. The third-order valence-corrected chi connectivity index (χ3v) is 2.61. The molecule has 1 aromatic carbocycles. The number of benzene rings is 1. The molecule has 1 heterocycles. The number of nitrogens with one attached hydrogen (secondary N) is 1. The fraction of sp³-hybridized carbons (Fsp3) is 0.0769. The summed E-state index contributed by atoms with van der Waals surface area (Å²) in [5.74, 6) is -1.13. The molecule has 0 aliphatic rings. The molecule has 2 aromatic rings. The largest absolute Gasteiger partial charge is 0.397 e. The molecule has 0 unspecified atom stereocenters. The SMILES string of the molecule is Cn1cc(N)cc1C(=O)Nc1ccc(C#N)cc1F. The molecule has 0 aliphatic carbocycles. The van der Waals surface area contributed by atoms with E-state index in [-0.39, 0.29) is 11.3 Å². The van der Waals surface area contributed by atoms with Crippen molar-refractivity contribution < 1.29 is 9.18 Å². The maximum Gasteiger partial charge on any atom is 0.272 e. The Bertz CT molecular complexity index is 684. The van der Waals surface area contributed by atoms with Crippen LogP contribution in [0.3, 0.4) is 0 Å². The number of nitrogens with two attached hydrogens (primary N) is 1. The molecule has 0 bridgehead atoms. The van der Waals surface area contributed by atoms with Gasteiger partial charge >= 0.3 is 0 Å². The summed E-state index contributed by atoms with van der Waals surface area (Å²) in [6.07, 6.45) is 1.59. The first-order valence-corrected chi connectivity index (χ1v) is 5.44. The normalized spacial score (nSPS) is 9.95. The van der Waals surface area contributed by atoms with Gasteiger partial charge in [0.2, 0.25) is 0 Å². The van der Waals surface area contributed by atoms with E-state index in [9.17, 15) is 9.18 Å². The highest BCUT2D eigenvalue weighted by Gasteiger charge is 2.13. The van der Waals surface area contributed by atoms with Gasteiger partial charge in [0.15, 0.2) is 0 Å². The number of carbonyl (C=O) groups excluding carboxylic acids is 1. The van der Waals surface area contributed by atoms with Gasteiger partial charge in [-0.25, -0.2) is 4.39 Å². The van der Waals surface area contributed by atoms with Gasteiger partial charge in [0.1, 0.15) is 11.5 Å². The molecule has 0 saturated heterocycles. The lowest BCUT2D eigenvalue weighted by Crippen LogP contribution is -2.16. The molecule has 0 saturated carbocycles. The second-order valence-corrected chi connectivity index (χ2v) is 4.03. The maximum absolute atomic E-state index is 13.6. The van der Waals surface area contributed by atoms with Gasteiger partial charge in [0.25, 0.3) is 5.91 Å². The van der Waals surface area contributed by atoms with Crippen LogP contribution >= 0.6 is 0 Å². The van der Waals surface area contributed by atoms with E-state index in [0.29, 0.717) is 11.4 Å². The van der Waals surface area contributed by atoms with Gasteiger partial charge in [0, 0.05) is 13.2 Å². The molecular formula is C13H11FN4O. The number of hydrogen-bond donors (Lipinski definition) is 2. The molecule has 5 nitrogen and oxygen atoms in total. The molecule has 3 N–H and O–H groups in total. The monoisotopic (exact) mass is 258 g/mol. The van der Waals surface area contributed by atoms with E-state index in [1.54, 1.807) is 17.8 Å². The average molecular weight is 258 g/mol. The molecule has 6 heteroatoms. The van der Waals surface area contributed by atoms with Crippen LogP contribution in [-0.2, 0) is 7.05 Å². The number of rotatable bonds is 2. The summed E-state index contributed by atoms with van der Waals surface area (Å²) in [5, 5.41) is 11.1. The summed E-state index contributed by atoms with van der Waals surface area (Å²) in [5.41, 5.74) is 6.55. The van der Waals surface area contributed by atoms with Gasteiger partial charge in [-0.1, -0.05) is 0 Å². The molecule has 96 valence electrons. The summed E-state index contributed by atoms with van der Waals surface area (Å²) >= 11 is 0. The first-order valence-electron chi connectivity index (χ1n) is 5.44. The number of aromatic nitrogens is 1. The maximum atomic E-state index is 13.6. The van der Waals surface area contributed by atoms with E-state index in [2.05, 4.69) is 5.32 Å². The van der Waals surface area contributed by atoms with Crippen LogP contribution in [0.1, 0.15) is 16.1 Å². The highest BCUT2D eigenvalue weighted by molar-refractivity contribution is 6.03. The predicted molar refractivity (Wildman–Crippen MR) is 68.9 cm³/mol. The zero-order valence-corrected chi connectivity index (χ0v) is 10.1. The van der Waals surface area contributed by atoms with Gasteiger partial charge in [-0.15, -0.1) is 0 Å². The highest BCUT2D eigenvalue weighted by atomic mass is 19.1. The van der Waals surface area contributed by atoms with Crippen LogP contribution in [-0.4, -0.2) is 10.5 Å². The Morgan fingerprint density at radius 2 is 2.21 bits per heavy atom. The number of aryl methyl sites for hydroxylation is 1. The molecule has 1 amide bonds. The van der Waals surface area contributed by atoms with Crippen LogP contribution in [0.2, 0.25) is 0 Å². The van der Waals surface area contributed by atoms with E-state index in [0.717, 1.165) is 6.07 Å². The Morgan fingerprint density at radius 3 is 2.74 bits per heavy atom. The molecule has 0 atom stereocenters. The van der Waals surface area contributed by atoms with Crippen molar-refractivity contribution in [3.63, 3.8) is 0 Å². The van der Waals surface area contributed by atoms with Crippen molar-refractivity contribution in [2.75, 3.05) is 11.1 Å². The molecular weight excluding hydrogens is 247 g/mol. The van der Waals surface area contributed by atoms with Crippen LogP contribution in [0.25, 0.3) is 0 Å². The third-order valence-electron chi connectivity index (χ3n) is 2.61. The number of nitriles is 1. The summed E-state index contributed by atoms with van der Waals surface area (Å²) in [7, 11) is 1.67. The highest BCUT2D eigenvalue weighted by Crippen LogP contribution is 2.17. The summed E-state index contributed by atoms with van der Waals surface area (Å²) in [6.45, 7) is 0. The zero-order chi connectivity index (χ0) is 14.0. The van der Waals surface area contributed by atoms with Crippen molar-refractivity contribution in [1.82, 2.24) is 4.57 Å². The van der Waals surface area contributed by atoms with E-state index in [1.165, 1.54) is 18.2 Å². The Kier molecular flexibility index (Phi) is 3.21. The standard InChI is InChI=1S/C13H11FN4O/c1-18-7-9(16)5-12(18)13(19)17-11-3-2-8(6-15)4-10(11)14/h2-5,7H,16H2,1H3,(H,17,19). The number of hydrogen-bond acceptors (Lipinski definition) is 3. The van der Waals surface area contributed by atoms with Crippen molar-refractivity contribution in [3.05, 3.63) is 47.5 Å². The van der Waals surface area contributed by atoms with Gasteiger partial charge in [0.05, 0.1) is 23.0 Å². The molecule has 0 aliphatic heterocycles.